The average molecular weight is 597 g/mol. The number of benzene rings is 3. The molecular weight excluding hydrogens is 564 g/mol. The summed E-state index contributed by atoms with van der Waals surface area (Å²) in [5, 5.41) is 40.3. The zero-order valence-corrected chi connectivity index (χ0v) is 24.0. The van der Waals surface area contributed by atoms with Gasteiger partial charge in [0.1, 0.15) is 12.4 Å². The second kappa shape index (κ2) is 14.4. The Morgan fingerprint density at radius 1 is 1.12 bits per heavy atom. The van der Waals surface area contributed by atoms with E-state index in [4.69, 9.17) is 10.00 Å². The highest BCUT2D eigenvalue weighted by Gasteiger charge is 2.24. The first-order chi connectivity index (χ1) is 19.9. The van der Waals surface area contributed by atoms with Crippen molar-refractivity contribution in [1.29, 1.82) is 5.26 Å². The zero-order chi connectivity index (χ0) is 30.9. The van der Waals surface area contributed by atoms with Crippen molar-refractivity contribution in [3.63, 3.8) is 0 Å². The number of rotatable bonds is 14. The highest BCUT2D eigenvalue weighted by Crippen LogP contribution is 2.24. The van der Waals surface area contributed by atoms with Crippen LogP contribution in [0.1, 0.15) is 36.1 Å². The van der Waals surface area contributed by atoms with Crippen molar-refractivity contribution in [3.8, 4) is 11.8 Å². The summed E-state index contributed by atoms with van der Waals surface area (Å²) in [5.74, 6) is 0.568. The Bertz CT molecular complexity index is 1550. The van der Waals surface area contributed by atoms with Crippen LogP contribution in [0.4, 0.5) is 10.5 Å². The van der Waals surface area contributed by atoms with E-state index in [9.17, 15) is 33.5 Å². The normalized spacial score (nSPS) is 12.0. The number of nitrogens with zero attached hydrogens (tertiary/aromatic N) is 3. The first-order valence-electron chi connectivity index (χ1n) is 13.0. The fourth-order valence-corrected chi connectivity index (χ4v) is 5.46. The summed E-state index contributed by atoms with van der Waals surface area (Å²) < 4.78 is 34.0. The van der Waals surface area contributed by atoms with Crippen LogP contribution in [-0.2, 0) is 29.6 Å². The number of non-ortho nitro benzene ring substituents is 1. The second-order valence-electron chi connectivity index (χ2n) is 10.1. The Morgan fingerprint density at radius 3 is 2.45 bits per heavy atom. The number of hydrogen-bond donors (Lipinski definition) is 3. The van der Waals surface area contributed by atoms with E-state index in [1.54, 1.807) is 42.5 Å². The molecule has 3 rings (SSSR count). The molecular formula is C29H32N4O8S. The van der Waals surface area contributed by atoms with Gasteiger partial charge in [0.25, 0.3) is 5.69 Å². The van der Waals surface area contributed by atoms with Crippen LogP contribution in [0.5, 0.6) is 5.75 Å². The predicted molar refractivity (Wildman–Crippen MR) is 153 cm³/mol. The molecule has 0 unspecified atom stereocenters. The predicted octanol–water partition coefficient (Wildman–Crippen LogP) is 4.06. The standard InChI is InChI=1S/C29H32N4O8S/c1-20(2)12-24-14-25(33(37)38)8-11-28(24)42(39,40)31-16-26(34)18-32(29(35)36)17-21-6-9-27(10-7-21)41-19-23-5-3-4-22(13-23)15-30/h3-11,13-14,20,26,31,34H,12,16-19H2,1-2H3,(H,35,36)/t26-/m0/s1. The maximum atomic E-state index is 13.0. The molecule has 12 nitrogen and oxygen atoms in total. The summed E-state index contributed by atoms with van der Waals surface area (Å²) in [4.78, 5) is 23.2. The third kappa shape index (κ3) is 9.27. The summed E-state index contributed by atoms with van der Waals surface area (Å²) in [6.07, 6.45) is -2.38. The van der Waals surface area contributed by atoms with E-state index in [1.807, 2.05) is 19.9 Å². The number of aliphatic hydroxyl groups excluding tert-OH is 1. The van der Waals surface area contributed by atoms with Crippen LogP contribution in [0.3, 0.4) is 0 Å². The van der Waals surface area contributed by atoms with Gasteiger partial charge in [-0.3, -0.25) is 10.1 Å². The Kier molecular flexibility index (Phi) is 11.0. The van der Waals surface area contributed by atoms with Crippen LogP contribution in [0.25, 0.3) is 0 Å². The van der Waals surface area contributed by atoms with Crippen LogP contribution >= 0.6 is 0 Å². The van der Waals surface area contributed by atoms with Gasteiger partial charge in [-0.2, -0.15) is 5.26 Å². The molecule has 3 aromatic rings. The summed E-state index contributed by atoms with van der Waals surface area (Å²) in [7, 11) is -4.15. The number of carboxylic acid groups (broad SMARTS) is 1. The van der Waals surface area contributed by atoms with Crippen LogP contribution in [0, 0.1) is 27.4 Å². The fourth-order valence-electron chi connectivity index (χ4n) is 4.16. The smallest absolute Gasteiger partial charge is 0.407 e. The maximum Gasteiger partial charge on any atom is 0.407 e. The lowest BCUT2D eigenvalue weighted by molar-refractivity contribution is -0.385. The molecule has 0 aliphatic rings. The Balaban J connectivity index is 1.60. The number of hydrogen-bond acceptors (Lipinski definition) is 8. The number of ether oxygens (including phenoxy) is 1. The molecule has 3 N–H and O–H groups in total. The van der Waals surface area contributed by atoms with E-state index >= 15 is 0 Å². The number of nitrogens with one attached hydrogen (secondary N) is 1. The fraction of sp³-hybridized carbons (Fsp3) is 0.310. The highest BCUT2D eigenvalue weighted by molar-refractivity contribution is 7.89. The van der Waals surface area contributed by atoms with Crippen molar-refractivity contribution in [2.24, 2.45) is 5.92 Å². The van der Waals surface area contributed by atoms with Gasteiger partial charge in [-0.15, -0.1) is 0 Å². The van der Waals surface area contributed by atoms with E-state index < -0.39 is 33.7 Å². The van der Waals surface area contributed by atoms with Gasteiger partial charge in [0.15, 0.2) is 0 Å². The summed E-state index contributed by atoms with van der Waals surface area (Å²) in [5.41, 5.74) is 2.01. The minimum atomic E-state index is -4.15. The van der Waals surface area contributed by atoms with E-state index in [2.05, 4.69) is 10.8 Å². The quantitative estimate of drug-likeness (QED) is 0.182. The van der Waals surface area contributed by atoms with Crippen molar-refractivity contribution in [1.82, 2.24) is 9.62 Å². The van der Waals surface area contributed by atoms with Crippen LogP contribution in [0.2, 0.25) is 0 Å². The molecule has 0 bridgehead atoms. The molecule has 0 spiro atoms. The molecule has 0 fully saturated rings. The van der Waals surface area contributed by atoms with Gasteiger partial charge in [0.2, 0.25) is 10.0 Å². The average Bonchev–Trinajstić information content (AvgIpc) is 2.95. The number of nitro groups is 1. The topological polar surface area (TPSA) is 183 Å². The first-order valence-corrected chi connectivity index (χ1v) is 14.5. The van der Waals surface area contributed by atoms with Crippen LogP contribution < -0.4 is 9.46 Å². The number of nitro benzene ring substituents is 1. The molecule has 0 heterocycles. The highest BCUT2D eigenvalue weighted by atomic mass is 32.2. The zero-order valence-electron chi connectivity index (χ0n) is 23.1. The third-order valence-corrected chi connectivity index (χ3v) is 7.67. The SMILES string of the molecule is CC(C)Cc1cc([N+](=O)[O-])ccc1S(=O)(=O)NC[C@H](O)CN(Cc1ccc(OCc2cccc(C#N)c2)cc1)C(=O)O. The first kappa shape index (κ1) is 32.0. The molecule has 0 saturated heterocycles. The molecule has 222 valence electrons. The third-order valence-electron chi connectivity index (χ3n) is 6.14. The minimum absolute atomic E-state index is 0.0257. The van der Waals surface area contributed by atoms with E-state index in [0.717, 1.165) is 22.6 Å². The monoisotopic (exact) mass is 596 g/mol. The van der Waals surface area contributed by atoms with Crippen molar-refractivity contribution in [3.05, 3.63) is 99.1 Å². The van der Waals surface area contributed by atoms with E-state index in [1.165, 1.54) is 6.07 Å². The largest absolute Gasteiger partial charge is 0.489 e. The van der Waals surface area contributed by atoms with Gasteiger partial charge < -0.3 is 19.8 Å². The number of aliphatic hydroxyl groups is 1. The molecule has 0 aliphatic carbocycles. The van der Waals surface area contributed by atoms with Crippen molar-refractivity contribution in [2.45, 2.75) is 44.4 Å². The summed E-state index contributed by atoms with van der Waals surface area (Å²) in [6.45, 7) is 3.05. The molecule has 13 heteroatoms. The number of carbonyl (C=O) groups is 1. The lowest BCUT2D eigenvalue weighted by Crippen LogP contribution is -2.42. The lowest BCUT2D eigenvalue weighted by atomic mass is 10.0. The molecule has 0 radical (unpaired) electrons. The molecule has 0 aromatic heterocycles. The number of sulfonamides is 1. The molecule has 0 saturated carbocycles. The molecule has 42 heavy (non-hydrogen) atoms. The molecule has 1 atom stereocenters. The number of amides is 1. The molecule has 0 aliphatic heterocycles. The van der Waals surface area contributed by atoms with Crippen molar-refractivity contribution in [2.75, 3.05) is 13.1 Å². The van der Waals surface area contributed by atoms with E-state index in [0.29, 0.717) is 16.9 Å². The Labute approximate surface area is 244 Å². The number of nitriles is 1. The van der Waals surface area contributed by atoms with E-state index in [-0.39, 0.29) is 48.2 Å². The minimum Gasteiger partial charge on any atom is -0.489 e. The summed E-state index contributed by atoms with van der Waals surface area (Å²) in [6, 6.07) is 19.3. The van der Waals surface area contributed by atoms with Crippen LogP contribution in [-0.4, -0.2) is 53.7 Å². The molecule has 3 aromatic carbocycles. The van der Waals surface area contributed by atoms with Gasteiger partial charge in [-0.1, -0.05) is 38.1 Å². The Morgan fingerprint density at radius 2 is 1.83 bits per heavy atom. The summed E-state index contributed by atoms with van der Waals surface area (Å²) >= 11 is 0. The van der Waals surface area contributed by atoms with Gasteiger partial charge in [-0.25, -0.2) is 17.9 Å². The lowest BCUT2D eigenvalue weighted by Gasteiger charge is -2.23. The van der Waals surface area contributed by atoms with Gasteiger partial charge in [0.05, 0.1) is 34.1 Å². The maximum absolute atomic E-state index is 13.0. The van der Waals surface area contributed by atoms with Crippen molar-refractivity contribution >= 4 is 21.8 Å². The van der Waals surface area contributed by atoms with Gasteiger partial charge in [0, 0.05) is 25.2 Å². The molecule has 1 amide bonds. The second-order valence-corrected chi connectivity index (χ2v) is 11.8. The van der Waals surface area contributed by atoms with Crippen molar-refractivity contribution < 1.29 is 33.1 Å². The van der Waals surface area contributed by atoms with Gasteiger partial charge >= 0.3 is 6.09 Å². The van der Waals surface area contributed by atoms with Gasteiger partial charge in [-0.05, 0) is 59.4 Å². The van der Waals surface area contributed by atoms with Crippen LogP contribution in [0.15, 0.2) is 71.6 Å². The Hall–Kier alpha value is -4.51.